The zero-order valence-corrected chi connectivity index (χ0v) is 26.7. The number of hydrogen-bond donors (Lipinski definition) is 1. The largest absolute Gasteiger partial charge is 0.493 e. The Hall–Kier alpha value is -5.19. The van der Waals surface area contributed by atoms with Crippen molar-refractivity contribution in [3.05, 3.63) is 76.9 Å². The van der Waals surface area contributed by atoms with Crippen LogP contribution in [0.1, 0.15) is 59.7 Å². The van der Waals surface area contributed by atoms with Crippen molar-refractivity contribution in [1.82, 2.24) is 0 Å². The number of Topliss-reactive ketones (excluding diaryl/α,β-unsaturated/α-hetero) is 2. The molecule has 1 saturated carbocycles. The summed E-state index contributed by atoms with van der Waals surface area (Å²) < 4.78 is 17.0. The summed E-state index contributed by atoms with van der Waals surface area (Å²) in [5.41, 5.74) is 5.31. The maximum Gasteiger partial charge on any atom is 0.307 e. The lowest BCUT2D eigenvalue weighted by atomic mass is 10.1. The molecule has 2 heterocycles. The highest BCUT2D eigenvalue weighted by Gasteiger charge is 2.42. The standard InChI is InChI=1S/C36H37N3O8/c1-4-21-14-22(16-24(15-21)38(2)13-7-10-33(42)47-34-29(40)11-12-30(34)41)20-46-32-19-26-25(18-31(32)45-3)36(44)39-27-9-6-5-8-23(27)17-28(39)35(43)37-26/h5-6,8-9,14-16,18-19,28,34H,4,7,10-13,17,20H2,1-3H3,(H,37,43)/t28-/m0/s1. The van der Waals surface area contributed by atoms with Crippen molar-refractivity contribution in [3.8, 4) is 11.5 Å². The Morgan fingerprint density at radius 1 is 0.979 bits per heavy atom. The van der Waals surface area contributed by atoms with Crippen LogP contribution in [0.5, 0.6) is 11.5 Å². The first kappa shape index (κ1) is 31.8. The Kier molecular flexibility index (Phi) is 8.97. The first-order valence-electron chi connectivity index (χ1n) is 15.8. The average molecular weight is 640 g/mol. The second-order valence-corrected chi connectivity index (χ2v) is 12.0. The highest BCUT2D eigenvalue weighted by molar-refractivity contribution is 6.20. The summed E-state index contributed by atoms with van der Waals surface area (Å²) in [6, 6.07) is 16.3. The molecule has 3 aliphatic rings. The summed E-state index contributed by atoms with van der Waals surface area (Å²) >= 11 is 0. The van der Waals surface area contributed by atoms with E-state index >= 15 is 0 Å². The Balaban J connectivity index is 1.14. The Labute approximate surface area is 272 Å². The van der Waals surface area contributed by atoms with Gasteiger partial charge in [0.2, 0.25) is 12.0 Å². The molecule has 1 N–H and O–H groups in total. The van der Waals surface area contributed by atoms with Crippen molar-refractivity contribution < 1.29 is 38.2 Å². The fourth-order valence-corrected chi connectivity index (χ4v) is 6.32. The van der Waals surface area contributed by atoms with Crippen LogP contribution in [0.2, 0.25) is 0 Å². The summed E-state index contributed by atoms with van der Waals surface area (Å²) in [6.45, 7) is 2.80. The second-order valence-electron chi connectivity index (χ2n) is 12.0. The Morgan fingerprint density at radius 3 is 2.47 bits per heavy atom. The van der Waals surface area contributed by atoms with Crippen LogP contribution < -0.4 is 24.6 Å². The predicted molar refractivity (Wildman–Crippen MR) is 174 cm³/mol. The van der Waals surface area contributed by atoms with Gasteiger partial charge in [-0.05, 0) is 53.8 Å². The number of anilines is 3. The SMILES string of the molecule is CCc1cc(COc2cc3c(cc2OC)C(=O)N2c4ccccc4C[C@H]2C(=O)N3)cc(N(C)CCCC(=O)OC2C(=O)CCC2=O)c1. The first-order valence-corrected chi connectivity index (χ1v) is 15.8. The highest BCUT2D eigenvalue weighted by Crippen LogP contribution is 2.41. The van der Waals surface area contributed by atoms with E-state index in [9.17, 15) is 24.0 Å². The van der Waals surface area contributed by atoms with Crippen molar-refractivity contribution in [2.75, 3.05) is 35.8 Å². The molecule has 3 aromatic rings. The highest BCUT2D eigenvalue weighted by atomic mass is 16.6. The van der Waals surface area contributed by atoms with Gasteiger partial charge in [-0.15, -0.1) is 0 Å². The maximum atomic E-state index is 13.8. The predicted octanol–water partition coefficient (Wildman–Crippen LogP) is 4.42. The van der Waals surface area contributed by atoms with Crippen LogP contribution in [-0.4, -0.2) is 62.2 Å². The van der Waals surface area contributed by atoms with E-state index in [-0.39, 0.29) is 49.3 Å². The van der Waals surface area contributed by atoms with Gasteiger partial charge >= 0.3 is 5.97 Å². The van der Waals surface area contributed by atoms with Crippen LogP contribution in [-0.2, 0) is 43.4 Å². The molecule has 0 bridgehead atoms. The van der Waals surface area contributed by atoms with Crippen LogP contribution in [0.3, 0.4) is 0 Å². The van der Waals surface area contributed by atoms with Gasteiger partial charge in [-0.1, -0.05) is 31.2 Å². The van der Waals surface area contributed by atoms with Gasteiger partial charge in [-0.3, -0.25) is 28.9 Å². The van der Waals surface area contributed by atoms with Gasteiger partial charge in [0.25, 0.3) is 5.91 Å². The third-order valence-corrected chi connectivity index (χ3v) is 8.90. The molecule has 1 aliphatic carbocycles. The summed E-state index contributed by atoms with van der Waals surface area (Å²) in [5, 5.41) is 2.93. The third kappa shape index (κ3) is 6.43. The zero-order chi connectivity index (χ0) is 33.2. The molecule has 47 heavy (non-hydrogen) atoms. The van der Waals surface area contributed by atoms with Gasteiger partial charge < -0.3 is 24.4 Å². The number of benzene rings is 3. The van der Waals surface area contributed by atoms with Gasteiger partial charge in [0, 0.05) is 56.7 Å². The molecule has 1 atom stereocenters. The van der Waals surface area contributed by atoms with Gasteiger partial charge in [-0.2, -0.15) is 0 Å². The number of fused-ring (bicyclic) bond motifs is 4. The van der Waals surface area contributed by atoms with Gasteiger partial charge in [0.05, 0.1) is 18.4 Å². The summed E-state index contributed by atoms with van der Waals surface area (Å²) in [4.78, 5) is 66.4. The number of carbonyl (C=O) groups is 5. The minimum absolute atomic E-state index is 0.0903. The van der Waals surface area contributed by atoms with E-state index in [1.54, 1.807) is 17.0 Å². The van der Waals surface area contributed by atoms with Crippen molar-refractivity contribution >= 4 is 46.4 Å². The van der Waals surface area contributed by atoms with E-state index in [1.165, 1.54) is 7.11 Å². The molecule has 244 valence electrons. The van der Waals surface area contributed by atoms with Crippen molar-refractivity contribution in [2.45, 2.75) is 64.2 Å². The van der Waals surface area contributed by atoms with E-state index in [1.807, 2.05) is 42.3 Å². The molecule has 1 fully saturated rings. The van der Waals surface area contributed by atoms with Crippen LogP contribution in [0.25, 0.3) is 0 Å². The number of carbonyl (C=O) groups excluding carboxylic acids is 5. The molecule has 3 aromatic carbocycles. The number of hydrogen-bond acceptors (Lipinski definition) is 9. The van der Waals surface area contributed by atoms with Gasteiger partial charge in [-0.25, -0.2) is 0 Å². The van der Waals surface area contributed by atoms with Crippen LogP contribution in [0.15, 0.2) is 54.6 Å². The quantitative estimate of drug-likeness (QED) is 0.239. The molecule has 0 saturated heterocycles. The Bertz CT molecular complexity index is 1750. The normalized spacial score (nSPS) is 17.1. The number of amides is 2. The van der Waals surface area contributed by atoms with Crippen LogP contribution in [0.4, 0.5) is 17.1 Å². The number of para-hydroxylation sites is 1. The molecule has 2 amide bonds. The minimum atomic E-state index is -1.24. The summed E-state index contributed by atoms with van der Waals surface area (Å²) in [5.74, 6) is -1.01. The summed E-state index contributed by atoms with van der Waals surface area (Å²) in [6.07, 6.45) is 0.822. The van der Waals surface area contributed by atoms with Gasteiger partial charge in [0.15, 0.2) is 23.1 Å². The fourth-order valence-electron chi connectivity index (χ4n) is 6.32. The number of aryl methyl sites for hydroxylation is 1. The molecule has 11 nitrogen and oxygen atoms in total. The number of ether oxygens (including phenoxy) is 3. The minimum Gasteiger partial charge on any atom is -0.493 e. The summed E-state index contributed by atoms with van der Waals surface area (Å²) in [7, 11) is 3.43. The smallest absolute Gasteiger partial charge is 0.307 e. The monoisotopic (exact) mass is 639 g/mol. The van der Waals surface area contributed by atoms with E-state index in [0.29, 0.717) is 42.1 Å². The number of rotatable bonds is 11. The first-order chi connectivity index (χ1) is 22.7. The van der Waals surface area contributed by atoms with Gasteiger partial charge in [0.1, 0.15) is 12.6 Å². The van der Waals surface area contributed by atoms with E-state index in [2.05, 4.69) is 24.4 Å². The lowest BCUT2D eigenvalue weighted by Gasteiger charge is -2.22. The second kappa shape index (κ2) is 13.3. The lowest BCUT2D eigenvalue weighted by Crippen LogP contribution is -2.42. The van der Waals surface area contributed by atoms with Crippen molar-refractivity contribution in [3.63, 3.8) is 0 Å². The molecule has 0 unspecified atom stereocenters. The number of nitrogens with zero attached hydrogens (tertiary/aromatic N) is 2. The fraction of sp³-hybridized carbons (Fsp3) is 0.361. The third-order valence-electron chi connectivity index (χ3n) is 8.90. The molecule has 0 radical (unpaired) electrons. The molecule has 2 aliphatic heterocycles. The lowest BCUT2D eigenvalue weighted by molar-refractivity contribution is -0.157. The molecular weight excluding hydrogens is 602 g/mol. The average Bonchev–Trinajstić information content (AvgIpc) is 3.59. The number of esters is 1. The maximum absolute atomic E-state index is 13.8. The number of ketones is 2. The molecular formula is C36H37N3O8. The molecule has 6 rings (SSSR count). The molecule has 11 heteroatoms. The van der Waals surface area contributed by atoms with Crippen molar-refractivity contribution in [2.24, 2.45) is 0 Å². The number of methoxy groups -OCH3 is 1. The molecule has 0 aromatic heterocycles. The van der Waals surface area contributed by atoms with Crippen LogP contribution >= 0.6 is 0 Å². The molecule has 0 spiro atoms. The van der Waals surface area contributed by atoms with Crippen molar-refractivity contribution in [1.29, 1.82) is 0 Å². The topological polar surface area (TPSA) is 132 Å². The Morgan fingerprint density at radius 2 is 1.72 bits per heavy atom. The van der Waals surface area contributed by atoms with E-state index in [4.69, 9.17) is 14.2 Å². The van der Waals surface area contributed by atoms with Crippen LogP contribution in [0, 0.1) is 0 Å². The van der Waals surface area contributed by atoms with E-state index in [0.717, 1.165) is 34.5 Å². The van der Waals surface area contributed by atoms with E-state index < -0.39 is 18.1 Å². The number of nitrogens with one attached hydrogen (secondary N) is 1. The zero-order valence-electron chi connectivity index (χ0n) is 26.7.